The SMILES string of the molecule is CCSCCCn1c(CCl)cc2cc(Cl)cnc21. The second-order valence-corrected chi connectivity index (χ2v) is 6.14. The van der Waals surface area contributed by atoms with Gasteiger partial charge in [-0.1, -0.05) is 18.5 Å². The van der Waals surface area contributed by atoms with Gasteiger partial charge in [0.25, 0.3) is 0 Å². The first kappa shape index (κ1) is 14.0. The van der Waals surface area contributed by atoms with Gasteiger partial charge in [0.15, 0.2) is 0 Å². The number of aromatic nitrogens is 2. The molecule has 0 aliphatic rings. The summed E-state index contributed by atoms with van der Waals surface area (Å²) in [7, 11) is 0. The van der Waals surface area contributed by atoms with Crippen molar-refractivity contribution in [1.82, 2.24) is 9.55 Å². The van der Waals surface area contributed by atoms with E-state index in [0.717, 1.165) is 29.7 Å². The molecular weight excluding hydrogens is 287 g/mol. The minimum atomic E-state index is 0.509. The van der Waals surface area contributed by atoms with Gasteiger partial charge in [-0.05, 0) is 30.1 Å². The smallest absolute Gasteiger partial charge is 0.140 e. The molecule has 2 aromatic heterocycles. The summed E-state index contributed by atoms with van der Waals surface area (Å²) in [6, 6.07) is 4.02. The van der Waals surface area contributed by atoms with E-state index in [1.165, 1.54) is 11.5 Å². The fourth-order valence-electron chi connectivity index (χ4n) is 2.00. The highest BCUT2D eigenvalue weighted by atomic mass is 35.5. The normalized spacial score (nSPS) is 11.3. The van der Waals surface area contributed by atoms with Crippen LogP contribution in [0.25, 0.3) is 11.0 Å². The highest BCUT2D eigenvalue weighted by Gasteiger charge is 2.09. The molecule has 2 nitrogen and oxygen atoms in total. The Kier molecular flexibility index (Phi) is 5.22. The van der Waals surface area contributed by atoms with Crippen LogP contribution in [0.2, 0.25) is 5.02 Å². The molecule has 0 spiro atoms. The molecule has 18 heavy (non-hydrogen) atoms. The molecule has 0 unspecified atom stereocenters. The van der Waals surface area contributed by atoms with Crippen molar-refractivity contribution in [3.8, 4) is 0 Å². The van der Waals surface area contributed by atoms with Crippen molar-refractivity contribution in [2.75, 3.05) is 11.5 Å². The van der Waals surface area contributed by atoms with E-state index in [-0.39, 0.29) is 0 Å². The van der Waals surface area contributed by atoms with E-state index in [4.69, 9.17) is 23.2 Å². The zero-order valence-corrected chi connectivity index (χ0v) is 12.7. The number of pyridine rings is 1. The van der Waals surface area contributed by atoms with Gasteiger partial charge in [-0.25, -0.2) is 4.98 Å². The van der Waals surface area contributed by atoms with Gasteiger partial charge in [-0.2, -0.15) is 11.8 Å². The summed E-state index contributed by atoms with van der Waals surface area (Å²) in [6.07, 6.45) is 2.83. The van der Waals surface area contributed by atoms with Gasteiger partial charge in [0.1, 0.15) is 5.65 Å². The molecule has 5 heteroatoms. The molecule has 0 atom stereocenters. The number of hydrogen-bond donors (Lipinski definition) is 0. The maximum atomic E-state index is 6.00. The van der Waals surface area contributed by atoms with Crippen LogP contribution in [0.15, 0.2) is 18.3 Å². The molecule has 2 aromatic rings. The first-order valence-corrected chi connectivity index (χ1v) is 8.10. The minimum absolute atomic E-state index is 0.509. The lowest BCUT2D eigenvalue weighted by Gasteiger charge is -2.08. The standard InChI is InChI=1S/C13H16Cl2N2S/c1-2-18-5-3-4-17-12(8-14)7-10-6-11(15)9-16-13(10)17/h6-7,9H,2-5,8H2,1H3. The van der Waals surface area contributed by atoms with Crippen LogP contribution in [0.3, 0.4) is 0 Å². The predicted molar refractivity (Wildman–Crippen MR) is 81.9 cm³/mol. The van der Waals surface area contributed by atoms with E-state index in [2.05, 4.69) is 22.5 Å². The first-order chi connectivity index (χ1) is 8.76. The van der Waals surface area contributed by atoms with Crippen LogP contribution in [0.5, 0.6) is 0 Å². The second-order valence-electron chi connectivity index (χ2n) is 4.04. The topological polar surface area (TPSA) is 17.8 Å². The highest BCUT2D eigenvalue weighted by molar-refractivity contribution is 7.99. The predicted octanol–water partition coefficient (Wildman–Crippen LogP) is 4.57. The van der Waals surface area contributed by atoms with Gasteiger partial charge in [0.2, 0.25) is 0 Å². The van der Waals surface area contributed by atoms with Crippen LogP contribution < -0.4 is 0 Å². The summed E-state index contributed by atoms with van der Waals surface area (Å²) in [5.74, 6) is 2.85. The molecule has 0 aliphatic heterocycles. The van der Waals surface area contributed by atoms with Crippen molar-refractivity contribution >= 4 is 46.0 Å². The molecule has 0 saturated heterocycles. The summed E-state index contributed by atoms with van der Waals surface area (Å²) in [4.78, 5) is 4.41. The van der Waals surface area contributed by atoms with E-state index in [0.29, 0.717) is 10.9 Å². The molecule has 0 radical (unpaired) electrons. The van der Waals surface area contributed by atoms with Gasteiger partial charge in [0, 0.05) is 23.8 Å². The number of nitrogens with zero attached hydrogens (tertiary/aromatic N) is 2. The monoisotopic (exact) mass is 302 g/mol. The maximum absolute atomic E-state index is 6.00. The quantitative estimate of drug-likeness (QED) is 0.574. The van der Waals surface area contributed by atoms with Crippen molar-refractivity contribution in [3.05, 3.63) is 29.0 Å². The van der Waals surface area contributed by atoms with Crippen molar-refractivity contribution in [2.45, 2.75) is 25.8 Å². The zero-order chi connectivity index (χ0) is 13.0. The van der Waals surface area contributed by atoms with Crippen molar-refractivity contribution in [3.63, 3.8) is 0 Å². The number of aryl methyl sites for hydroxylation is 1. The van der Waals surface area contributed by atoms with Crippen molar-refractivity contribution in [1.29, 1.82) is 0 Å². The average Bonchev–Trinajstić information content (AvgIpc) is 2.71. The number of thioether (sulfide) groups is 1. The lowest BCUT2D eigenvalue weighted by atomic mass is 10.3. The molecule has 0 amide bonds. The average molecular weight is 303 g/mol. The summed E-state index contributed by atoms with van der Waals surface area (Å²) in [6.45, 7) is 3.15. The molecule has 0 fully saturated rings. The van der Waals surface area contributed by atoms with Crippen LogP contribution in [0, 0.1) is 0 Å². The Morgan fingerprint density at radius 3 is 2.94 bits per heavy atom. The second kappa shape index (κ2) is 6.69. The van der Waals surface area contributed by atoms with E-state index < -0.39 is 0 Å². The van der Waals surface area contributed by atoms with Gasteiger partial charge in [-0.3, -0.25) is 0 Å². The van der Waals surface area contributed by atoms with Gasteiger partial charge in [-0.15, -0.1) is 11.6 Å². The van der Waals surface area contributed by atoms with E-state index in [1.807, 2.05) is 17.8 Å². The third-order valence-electron chi connectivity index (χ3n) is 2.80. The van der Waals surface area contributed by atoms with Crippen molar-refractivity contribution in [2.24, 2.45) is 0 Å². The maximum Gasteiger partial charge on any atom is 0.140 e. The Morgan fingerprint density at radius 1 is 1.39 bits per heavy atom. The molecule has 2 rings (SSSR count). The molecule has 0 bridgehead atoms. The molecule has 98 valence electrons. The van der Waals surface area contributed by atoms with Gasteiger partial charge in [0.05, 0.1) is 10.9 Å². The Hall–Kier alpha value is -0.380. The number of rotatable bonds is 6. The van der Waals surface area contributed by atoms with Crippen molar-refractivity contribution < 1.29 is 0 Å². The number of fused-ring (bicyclic) bond motifs is 1. The lowest BCUT2D eigenvalue weighted by Crippen LogP contribution is -2.03. The van der Waals surface area contributed by atoms with E-state index >= 15 is 0 Å². The molecule has 0 aliphatic carbocycles. The molecule has 2 heterocycles. The van der Waals surface area contributed by atoms with Gasteiger partial charge >= 0.3 is 0 Å². The minimum Gasteiger partial charge on any atom is -0.328 e. The summed E-state index contributed by atoms with van der Waals surface area (Å²) >= 11 is 13.9. The fourth-order valence-corrected chi connectivity index (χ4v) is 3.01. The van der Waals surface area contributed by atoms with Crippen LogP contribution in [-0.2, 0) is 12.4 Å². The third-order valence-corrected chi connectivity index (χ3v) is 4.26. The molecule has 0 aromatic carbocycles. The highest BCUT2D eigenvalue weighted by Crippen LogP contribution is 2.23. The Balaban J connectivity index is 2.23. The van der Waals surface area contributed by atoms with Gasteiger partial charge < -0.3 is 4.57 Å². The summed E-state index contributed by atoms with van der Waals surface area (Å²) in [5, 5.41) is 1.74. The summed E-state index contributed by atoms with van der Waals surface area (Å²) in [5.41, 5.74) is 2.10. The molecule has 0 saturated carbocycles. The largest absolute Gasteiger partial charge is 0.328 e. The fraction of sp³-hybridized carbons (Fsp3) is 0.462. The Labute approximate surface area is 122 Å². The number of alkyl halides is 1. The zero-order valence-electron chi connectivity index (χ0n) is 10.3. The Bertz CT molecular complexity index is 525. The lowest BCUT2D eigenvalue weighted by molar-refractivity contribution is 0.682. The Morgan fingerprint density at radius 2 is 2.22 bits per heavy atom. The summed E-state index contributed by atoms with van der Waals surface area (Å²) < 4.78 is 2.20. The van der Waals surface area contributed by atoms with Crippen LogP contribution >= 0.6 is 35.0 Å². The van der Waals surface area contributed by atoms with Crippen LogP contribution in [0.4, 0.5) is 0 Å². The third kappa shape index (κ3) is 3.14. The number of halogens is 2. The van der Waals surface area contributed by atoms with E-state index in [1.54, 1.807) is 6.20 Å². The van der Waals surface area contributed by atoms with Crippen LogP contribution in [-0.4, -0.2) is 21.1 Å². The van der Waals surface area contributed by atoms with Crippen LogP contribution in [0.1, 0.15) is 19.0 Å². The van der Waals surface area contributed by atoms with E-state index in [9.17, 15) is 0 Å². The molecular formula is C13H16Cl2N2S. The first-order valence-electron chi connectivity index (χ1n) is 6.03. The number of hydrogen-bond acceptors (Lipinski definition) is 2. The molecule has 0 N–H and O–H groups in total.